The fourth-order valence-electron chi connectivity index (χ4n) is 2.26. The molecule has 78 valence electrons. The molecule has 0 saturated heterocycles. The van der Waals surface area contributed by atoms with E-state index in [0.29, 0.717) is 12.8 Å². The first-order valence-corrected chi connectivity index (χ1v) is 4.97. The number of aliphatic hydroxyl groups is 1. The van der Waals surface area contributed by atoms with Crippen molar-refractivity contribution in [3.8, 4) is 0 Å². The van der Waals surface area contributed by atoms with Crippen molar-refractivity contribution >= 4 is 5.97 Å². The summed E-state index contributed by atoms with van der Waals surface area (Å²) in [5.41, 5.74) is -0.143. The summed E-state index contributed by atoms with van der Waals surface area (Å²) in [4.78, 5) is 11.7. The highest BCUT2D eigenvalue weighted by Gasteiger charge is 2.47. The molecule has 0 saturated carbocycles. The van der Waals surface area contributed by atoms with Crippen LogP contribution in [0, 0.1) is 5.41 Å². The summed E-state index contributed by atoms with van der Waals surface area (Å²) in [7, 11) is 0. The van der Waals surface area contributed by atoms with Gasteiger partial charge in [-0.2, -0.15) is 0 Å². The zero-order chi connectivity index (χ0) is 10.6. The average molecular weight is 196 g/mol. The molecule has 0 unspecified atom stereocenters. The van der Waals surface area contributed by atoms with Crippen molar-refractivity contribution in [3.05, 3.63) is 11.6 Å². The average Bonchev–Trinajstić information content (AvgIpc) is 1.99. The highest BCUT2D eigenvalue weighted by molar-refractivity contribution is 5.82. The zero-order valence-corrected chi connectivity index (χ0v) is 8.83. The number of hydrogen-bond donors (Lipinski definition) is 1. The molecule has 0 fully saturated rings. The molecule has 0 radical (unpaired) electrons. The molecule has 2 bridgehead atoms. The van der Waals surface area contributed by atoms with Crippen LogP contribution in [0.5, 0.6) is 0 Å². The van der Waals surface area contributed by atoms with Crippen LogP contribution in [0.4, 0.5) is 0 Å². The van der Waals surface area contributed by atoms with Gasteiger partial charge in [-0.05, 0) is 33.3 Å². The first-order valence-electron chi connectivity index (χ1n) is 4.97. The molecule has 0 spiro atoms. The van der Waals surface area contributed by atoms with Crippen molar-refractivity contribution in [3.63, 3.8) is 0 Å². The van der Waals surface area contributed by atoms with Gasteiger partial charge in [0.15, 0.2) is 0 Å². The predicted molar refractivity (Wildman–Crippen MR) is 51.6 cm³/mol. The van der Waals surface area contributed by atoms with Gasteiger partial charge >= 0.3 is 5.97 Å². The van der Waals surface area contributed by atoms with Crippen LogP contribution in [0.3, 0.4) is 0 Å². The molecule has 0 amide bonds. The topological polar surface area (TPSA) is 46.5 Å². The van der Waals surface area contributed by atoms with E-state index in [1.54, 1.807) is 0 Å². The van der Waals surface area contributed by atoms with Gasteiger partial charge in [0.2, 0.25) is 0 Å². The first-order chi connectivity index (χ1) is 6.33. The van der Waals surface area contributed by atoms with E-state index in [4.69, 9.17) is 4.74 Å². The second-order valence-corrected chi connectivity index (χ2v) is 5.06. The van der Waals surface area contributed by atoms with Crippen LogP contribution < -0.4 is 0 Å². The van der Waals surface area contributed by atoms with Crippen LogP contribution in [0.15, 0.2) is 11.6 Å². The van der Waals surface area contributed by atoms with Crippen molar-refractivity contribution < 1.29 is 14.6 Å². The van der Waals surface area contributed by atoms with Gasteiger partial charge in [0.1, 0.15) is 5.60 Å². The second-order valence-electron chi connectivity index (χ2n) is 5.06. The Morgan fingerprint density at radius 2 is 2.14 bits per heavy atom. The molecule has 1 aliphatic carbocycles. The SMILES string of the molecule is CC1(C)C(=O)O[C@]2(C)C=C1C[C@H](O)C2. The fraction of sp³-hybridized carbons (Fsp3) is 0.727. The largest absolute Gasteiger partial charge is 0.454 e. The Bertz CT molecular complexity index is 316. The normalized spacial score (nSPS) is 40.1. The molecule has 2 aliphatic rings. The summed E-state index contributed by atoms with van der Waals surface area (Å²) >= 11 is 0. The van der Waals surface area contributed by atoms with Gasteiger partial charge in [0.05, 0.1) is 11.5 Å². The number of carbonyl (C=O) groups excluding carboxylic acids is 1. The van der Waals surface area contributed by atoms with Crippen LogP contribution in [0.25, 0.3) is 0 Å². The highest BCUT2D eigenvalue weighted by Crippen LogP contribution is 2.44. The molecule has 3 heteroatoms. The highest BCUT2D eigenvalue weighted by atomic mass is 16.6. The Hall–Kier alpha value is -0.830. The Morgan fingerprint density at radius 3 is 2.79 bits per heavy atom. The lowest BCUT2D eigenvalue weighted by atomic mass is 9.71. The summed E-state index contributed by atoms with van der Waals surface area (Å²) in [5, 5.41) is 9.67. The van der Waals surface area contributed by atoms with E-state index in [1.165, 1.54) is 0 Å². The summed E-state index contributed by atoms with van der Waals surface area (Å²) in [6, 6.07) is 0. The molecule has 1 N–H and O–H groups in total. The van der Waals surface area contributed by atoms with Gasteiger partial charge in [-0.1, -0.05) is 5.57 Å². The van der Waals surface area contributed by atoms with E-state index in [9.17, 15) is 9.90 Å². The first kappa shape index (κ1) is 9.71. The number of fused-ring (bicyclic) bond motifs is 1. The van der Waals surface area contributed by atoms with E-state index in [-0.39, 0.29) is 12.1 Å². The van der Waals surface area contributed by atoms with Gasteiger partial charge in [0.25, 0.3) is 0 Å². The molecule has 1 aliphatic heterocycles. The maximum Gasteiger partial charge on any atom is 0.316 e. The van der Waals surface area contributed by atoms with Crippen molar-refractivity contribution in [2.75, 3.05) is 0 Å². The molecule has 2 atom stereocenters. The minimum Gasteiger partial charge on any atom is -0.454 e. The summed E-state index contributed by atoms with van der Waals surface area (Å²) in [6.45, 7) is 5.54. The second kappa shape index (κ2) is 2.60. The van der Waals surface area contributed by atoms with Crippen LogP contribution >= 0.6 is 0 Å². The third kappa shape index (κ3) is 1.27. The van der Waals surface area contributed by atoms with E-state index in [0.717, 1.165) is 5.57 Å². The summed E-state index contributed by atoms with van der Waals surface area (Å²) in [6.07, 6.45) is 2.73. The third-order valence-corrected chi connectivity index (χ3v) is 3.21. The van der Waals surface area contributed by atoms with E-state index in [1.807, 2.05) is 26.8 Å². The van der Waals surface area contributed by atoms with Gasteiger partial charge in [-0.25, -0.2) is 0 Å². The standard InChI is InChI=1S/C11H16O3/c1-10(2)7-4-8(12)6-11(3,5-7)14-9(10)13/h5,8,12H,4,6H2,1-3H3/t8-,11+/m0/s1. The van der Waals surface area contributed by atoms with Gasteiger partial charge in [-0.3, -0.25) is 4.79 Å². The lowest BCUT2D eigenvalue weighted by Crippen LogP contribution is -2.48. The molecular weight excluding hydrogens is 180 g/mol. The van der Waals surface area contributed by atoms with Crippen LogP contribution in [-0.4, -0.2) is 22.8 Å². The molecule has 1 heterocycles. The maximum absolute atomic E-state index is 11.7. The Labute approximate surface area is 83.8 Å². The van der Waals surface area contributed by atoms with Crippen molar-refractivity contribution in [1.82, 2.24) is 0 Å². The molecule has 0 aromatic carbocycles. The van der Waals surface area contributed by atoms with Crippen molar-refractivity contribution in [2.24, 2.45) is 5.41 Å². The number of rotatable bonds is 0. The third-order valence-electron chi connectivity index (χ3n) is 3.21. The maximum atomic E-state index is 11.7. The van der Waals surface area contributed by atoms with Gasteiger partial charge in [0, 0.05) is 6.42 Å². The fourth-order valence-corrected chi connectivity index (χ4v) is 2.26. The van der Waals surface area contributed by atoms with Gasteiger partial charge < -0.3 is 9.84 Å². The number of carbonyl (C=O) groups is 1. The van der Waals surface area contributed by atoms with E-state index in [2.05, 4.69) is 0 Å². The Kier molecular flexibility index (Phi) is 1.80. The monoisotopic (exact) mass is 196 g/mol. The summed E-state index contributed by atoms with van der Waals surface area (Å²) in [5.74, 6) is -0.176. The smallest absolute Gasteiger partial charge is 0.316 e. The number of hydrogen-bond acceptors (Lipinski definition) is 3. The van der Waals surface area contributed by atoms with Gasteiger partial charge in [-0.15, -0.1) is 0 Å². The predicted octanol–water partition coefficient (Wildman–Crippen LogP) is 1.41. The number of esters is 1. The molecule has 2 rings (SSSR count). The molecule has 0 aromatic heterocycles. The number of aliphatic hydroxyl groups excluding tert-OH is 1. The molecule has 0 aromatic rings. The minimum absolute atomic E-state index is 0.176. The lowest BCUT2D eigenvalue weighted by molar-refractivity contribution is -0.170. The molecule has 3 nitrogen and oxygen atoms in total. The van der Waals surface area contributed by atoms with Crippen molar-refractivity contribution in [2.45, 2.75) is 45.3 Å². The minimum atomic E-state index is -0.584. The Balaban J connectivity index is 2.45. The van der Waals surface area contributed by atoms with E-state index >= 15 is 0 Å². The number of ether oxygens (including phenoxy) is 1. The molecular formula is C11H16O3. The molecule has 14 heavy (non-hydrogen) atoms. The quantitative estimate of drug-likeness (QED) is 0.470. The van der Waals surface area contributed by atoms with Crippen LogP contribution in [0.2, 0.25) is 0 Å². The summed E-state index contributed by atoms with van der Waals surface area (Å²) < 4.78 is 5.36. The van der Waals surface area contributed by atoms with Crippen LogP contribution in [-0.2, 0) is 9.53 Å². The van der Waals surface area contributed by atoms with Crippen LogP contribution in [0.1, 0.15) is 33.6 Å². The zero-order valence-electron chi connectivity index (χ0n) is 8.83. The lowest BCUT2D eigenvalue weighted by Gasteiger charge is -2.44. The Morgan fingerprint density at radius 1 is 1.50 bits per heavy atom. The van der Waals surface area contributed by atoms with Crippen molar-refractivity contribution in [1.29, 1.82) is 0 Å². The van der Waals surface area contributed by atoms with E-state index < -0.39 is 11.0 Å².